The van der Waals surface area contributed by atoms with Crippen molar-refractivity contribution in [1.29, 1.82) is 0 Å². The van der Waals surface area contributed by atoms with Gasteiger partial charge in [-0.3, -0.25) is 9.36 Å². The van der Waals surface area contributed by atoms with E-state index in [0.717, 1.165) is 37.2 Å². The zero-order valence-corrected chi connectivity index (χ0v) is 18.1. The lowest BCUT2D eigenvalue weighted by Crippen LogP contribution is -2.38. The van der Waals surface area contributed by atoms with E-state index in [2.05, 4.69) is 11.8 Å². The van der Waals surface area contributed by atoms with Gasteiger partial charge in [0, 0.05) is 13.1 Å². The maximum Gasteiger partial charge on any atom is 0.337 e. The van der Waals surface area contributed by atoms with Gasteiger partial charge in [-0.15, -0.1) is 0 Å². The van der Waals surface area contributed by atoms with E-state index in [-0.39, 0.29) is 5.56 Å². The molecule has 0 radical (unpaired) electrons. The van der Waals surface area contributed by atoms with Gasteiger partial charge in [-0.1, -0.05) is 19.1 Å². The van der Waals surface area contributed by atoms with Crippen LogP contribution in [-0.2, 0) is 11.3 Å². The van der Waals surface area contributed by atoms with Crippen molar-refractivity contribution in [3.8, 4) is 5.75 Å². The van der Waals surface area contributed by atoms with Crippen LogP contribution in [0.2, 0.25) is 0 Å². The highest BCUT2D eigenvalue weighted by Gasteiger charge is 2.22. The number of methoxy groups -OCH3 is 2. The van der Waals surface area contributed by atoms with E-state index in [4.69, 9.17) is 14.5 Å². The summed E-state index contributed by atoms with van der Waals surface area (Å²) in [6.45, 7) is 4.35. The second kappa shape index (κ2) is 8.79. The predicted molar refractivity (Wildman–Crippen MR) is 120 cm³/mol. The number of carbonyl (C=O) groups excluding carboxylic acids is 1. The number of benzene rings is 2. The summed E-state index contributed by atoms with van der Waals surface area (Å²) in [6.07, 6.45) is 2.11. The molecule has 4 rings (SSSR count). The van der Waals surface area contributed by atoms with Crippen molar-refractivity contribution in [3.63, 3.8) is 0 Å². The van der Waals surface area contributed by atoms with E-state index >= 15 is 0 Å². The summed E-state index contributed by atoms with van der Waals surface area (Å²) in [6, 6.07) is 12.6. The third-order valence-electron chi connectivity index (χ3n) is 5.92. The van der Waals surface area contributed by atoms with Gasteiger partial charge in [0.1, 0.15) is 5.75 Å². The molecule has 1 aromatic heterocycles. The van der Waals surface area contributed by atoms with Crippen LogP contribution in [0.5, 0.6) is 5.75 Å². The van der Waals surface area contributed by atoms with Gasteiger partial charge in [0.05, 0.1) is 37.2 Å². The van der Waals surface area contributed by atoms with Crippen molar-refractivity contribution >= 4 is 22.8 Å². The highest BCUT2D eigenvalue weighted by Crippen LogP contribution is 2.24. The number of fused-ring (bicyclic) bond motifs is 1. The molecule has 1 aliphatic rings. The number of aromatic nitrogens is 2. The van der Waals surface area contributed by atoms with Crippen LogP contribution < -0.4 is 15.2 Å². The number of carbonyl (C=O) groups is 1. The molecule has 1 fully saturated rings. The minimum Gasteiger partial charge on any atom is -0.497 e. The van der Waals surface area contributed by atoms with Gasteiger partial charge in [-0.05, 0) is 54.7 Å². The molecule has 0 unspecified atom stereocenters. The lowest BCUT2D eigenvalue weighted by Gasteiger charge is -2.32. The number of hydrogen-bond acceptors (Lipinski definition) is 6. The molecule has 0 amide bonds. The Hall–Kier alpha value is -3.35. The molecule has 2 aromatic carbocycles. The van der Waals surface area contributed by atoms with Gasteiger partial charge in [-0.25, -0.2) is 9.78 Å². The molecule has 2 heterocycles. The Morgan fingerprint density at radius 1 is 1.10 bits per heavy atom. The number of rotatable bonds is 5. The van der Waals surface area contributed by atoms with E-state index in [9.17, 15) is 9.59 Å². The average Bonchev–Trinajstić information content (AvgIpc) is 2.81. The third-order valence-corrected chi connectivity index (χ3v) is 5.92. The molecule has 1 aliphatic heterocycles. The molecule has 1 saturated heterocycles. The molecule has 162 valence electrons. The minimum atomic E-state index is -0.445. The fourth-order valence-electron chi connectivity index (χ4n) is 3.96. The van der Waals surface area contributed by atoms with Crippen LogP contribution in [-0.4, -0.2) is 42.8 Å². The molecule has 7 heteroatoms. The Morgan fingerprint density at radius 3 is 2.45 bits per heavy atom. The third kappa shape index (κ3) is 4.26. The van der Waals surface area contributed by atoms with Crippen LogP contribution in [0, 0.1) is 5.92 Å². The monoisotopic (exact) mass is 421 g/mol. The van der Waals surface area contributed by atoms with Crippen LogP contribution in [0.25, 0.3) is 10.9 Å². The minimum absolute atomic E-state index is 0.120. The van der Waals surface area contributed by atoms with Crippen LogP contribution in [0.15, 0.2) is 47.3 Å². The fourth-order valence-corrected chi connectivity index (χ4v) is 3.96. The fraction of sp³-hybridized carbons (Fsp3) is 0.375. The summed E-state index contributed by atoms with van der Waals surface area (Å²) in [5, 5.41) is 0.482. The first-order valence-corrected chi connectivity index (χ1v) is 10.5. The van der Waals surface area contributed by atoms with Gasteiger partial charge < -0.3 is 14.4 Å². The lowest BCUT2D eigenvalue weighted by atomic mass is 9.99. The summed E-state index contributed by atoms with van der Waals surface area (Å²) in [7, 11) is 2.97. The molecule has 0 saturated carbocycles. The molecule has 31 heavy (non-hydrogen) atoms. The lowest BCUT2D eigenvalue weighted by molar-refractivity contribution is 0.0601. The average molecular weight is 421 g/mol. The molecule has 0 atom stereocenters. The maximum absolute atomic E-state index is 13.5. The smallest absolute Gasteiger partial charge is 0.337 e. The van der Waals surface area contributed by atoms with Crippen LogP contribution >= 0.6 is 0 Å². The Morgan fingerprint density at radius 2 is 1.81 bits per heavy atom. The molecule has 0 spiro atoms. The first-order chi connectivity index (χ1) is 15.0. The van der Waals surface area contributed by atoms with Crippen molar-refractivity contribution in [2.24, 2.45) is 5.92 Å². The van der Waals surface area contributed by atoms with E-state index in [1.807, 2.05) is 24.3 Å². The number of anilines is 1. The van der Waals surface area contributed by atoms with Crippen LogP contribution in [0.3, 0.4) is 0 Å². The summed E-state index contributed by atoms with van der Waals surface area (Å²) < 4.78 is 11.8. The first-order valence-electron chi connectivity index (χ1n) is 10.5. The number of piperidine rings is 1. The van der Waals surface area contributed by atoms with E-state index < -0.39 is 5.97 Å². The summed E-state index contributed by atoms with van der Waals surface area (Å²) in [4.78, 5) is 32.5. The normalized spacial score (nSPS) is 14.6. The van der Waals surface area contributed by atoms with Crippen LogP contribution in [0.4, 0.5) is 5.95 Å². The number of ether oxygens (including phenoxy) is 2. The standard InChI is InChI=1S/C24H27N3O4/c1-16-10-12-26(13-11-16)24-25-21-14-18(23(29)31-3)6-9-20(21)22(28)27(24)15-17-4-7-19(30-2)8-5-17/h4-9,14,16H,10-13,15H2,1-3H3. The van der Waals surface area contributed by atoms with Gasteiger partial charge in [0.25, 0.3) is 5.56 Å². The van der Waals surface area contributed by atoms with Gasteiger partial charge in [0.2, 0.25) is 5.95 Å². The largest absolute Gasteiger partial charge is 0.497 e. The van der Waals surface area contributed by atoms with Crippen molar-refractivity contribution in [2.75, 3.05) is 32.2 Å². The predicted octanol–water partition coefficient (Wildman–Crippen LogP) is 3.48. The molecular weight excluding hydrogens is 394 g/mol. The molecular formula is C24H27N3O4. The number of nitrogens with zero attached hydrogens (tertiary/aromatic N) is 3. The Balaban J connectivity index is 1.82. The Labute approximate surface area is 181 Å². The second-order valence-corrected chi connectivity index (χ2v) is 8.04. The topological polar surface area (TPSA) is 73.7 Å². The quantitative estimate of drug-likeness (QED) is 0.588. The summed E-state index contributed by atoms with van der Waals surface area (Å²) in [5.41, 5.74) is 1.76. The second-order valence-electron chi connectivity index (χ2n) is 8.04. The molecule has 0 aliphatic carbocycles. The molecule has 0 N–H and O–H groups in total. The zero-order chi connectivity index (χ0) is 22.0. The van der Waals surface area contributed by atoms with Gasteiger partial charge >= 0.3 is 5.97 Å². The highest BCUT2D eigenvalue weighted by atomic mass is 16.5. The van der Waals surface area contributed by atoms with Crippen molar-refractivity contribution in [2.45, 2.75) is 26.3 Å². The number of hydrogen-bond donors (Lipinski definition) is 0. The van der Waals surface area contributed by atoms with E-state index in [1.54, 1.807) is 29.9 Å². The van der Waals surface area contributed by atoms with Crippen molar-refractivity contribution in [1.82, 2.24) is 9.55 Å². The maximum atomic E-state index is 13.5. The summed E-state index contributed by atoms with van der Waals surface area (Å²) in [5.74, 6) is 1.62. The first kappa shape index (κ1) is 20.9. The Kier molecular flexibility index (Phi) is 5.93. The number of esters is 1. The van der Waals surface area contributed by atoms with Gasteiger partial charge in [-0.2, -0.15) is 0 Å². The van der Waals surface area contributed by atoms with Crippen molar-refractivity contribution < 1.29 is 14.3 Å². The zero-order valence-electron chi connectivity index (χ0n) is 18.1. The molecule has 3 aromatic rings. The van der Waals surface area contributed by atoms with Crippen molar-refractivity contribution in [3.05, 3.63) is 63.9 Å². The molecule has 0 bridgehead atoms. The van der Waals surface area contributed by atoms with E-state index in [1.165, 1.54) is 7.11 Å². The van der Waals surface area contributed by atoms with Gasteiger partial charge in [0.15, 0.2) is 0 Å². The van der Waals surface area contributed by atoms with Crippen LogP contribution in [0.1, 0.15) is 35.7 Å². The SMILES string of the molecule is COC(=O)c1ccc2c(=O)n(Cc3ccc(OC)cc3)c(N3CCC(C)CC3)nc2c1. The highest BCUT2D eigenvalue weighted by molar-refractivity contribution is 5.94. The Bertz CT molecular complexity index is 1150. The summed E-state index contributed by atoms with van der Waals surface area (Å²) >= 11 is 0. The molecule has 7 nitrogen and oxygen atoms in total. The van der Waals surface area contributed by atoms with E-state index in [0.29, 0.717) is 34.9 Å².